The number of amides is 3. The van der Waals surface area contributed by atoms with E-state index in [0.717, 1.165) is 37.2 Å². The lowest BCUT2D eigenvalue weighted by molar-refractivity contribution is -0.136. The molecule has 3 N–H and O–H groups in total. The third-order valence-electron chi connectivity index (χ3n) is 5.99. The van der Waals surface area contributed by atoms with Gasteiger partial charge in [0, 0.05) is 31.1 Å². The van der Waals surface area contributed by atoms with Crippen LogP contribution in [0.3, 0.4) is 0 Å². The van der Waals surface area contributed by atoms with Crippen LogP contribution in [0.1, 0.15) is 60.0 Å². The van der Waals surface area contributed by atoms with Crippen LogP contribution in [0.4, 0.5) is 0 Å². The Morgan fingerprint density at radius 3 is 2.86 bits per heavy atom. The lowest BCUT2D eigenvalue weighted by Gasteiger charge is -2.29. The molecule has 0 saturated carbocycles. The average Bonchev–Trinajstić information content (AvgIpc) is 3.30. The highest BCUT2D eigenvalue weighted by molar-refractivity contribution is 6.05. The van der Waals surface area contributed by atoms with Crippen LogP contribution in [0.5, 0.6) is 0 Å². The van der Waals surface area contributed by atoms with E-state index in [4.69, 9.17) is 0 Å². The first kappa shape index (κ1) is 19.1. The summed E-state index contributed by atoms with van der Waals surface area (Å²) in [5.74, 6) is -0.744. The molecule has 7 nitrogen and oxygen atoms in total. The highest BCUT2D eigenvalue weighted by Gasteiger charge is 2.38. The SMILES string of the molecule is O=C1CCC(N2Cc3cc(CNCCC[C@H]4CCCN4)ccc3C2=O)C(=O)N1. The Labute approximate surface area is 165 Å². The third-order valence-corrected chi connectivity index (χ3v) is 5.99. The van der Waals surface area contributed by atoms with Gasteiger partial charge in [0.2, 0.25) is 11.8 Å². The van der Waals surface area contributed by atoms with Crippen LogP contribution in [-0.4, -0.2) is 47.8 Å². The van der Waals surface area contributed by atoms with E-state index in [1.165, 1.54) is 19.3 Å². The number of hydrogen-bond acceptors (Lipinski definition) is 5. The van der Waals surface area contributed by atoms with Gasteiger partial charge in [-0.2, -0.15) is 0 Å². The zero-order chi connectivity index (χ0) is 19.5. The van der Waals surface area contributed by atoms with Crippen molar-refractivity contribution < 1.29 is 14.4 Å². The molecule has 28 heavy (non-hydrogen) atoms. The maximum atomic E-state index is 12.7. The van der Waals surface area contributed by atoms with Crippen molar-refractivity contribution in [1.82, 2.24) is 20.9 Å². The topological polar surface area (TPSA) is 90.5 Å². The van der Waals surface area contributed by atoms with Crippen molar-refractivity contribution in [2.45, 2.75) is 63.7 Å². The molecule has 3 heterocycles. The van der Waals surface area contributed by atoms with Gasteiger partial charge in [-0.1, -0.05) is 12.1 Å². The molecule has 0 aliphatic carbocycles. The molecule has 3 aliphatic rings. The average molecular weight is 384 g/mol. The second kappa shape index (κ2) is 8.41. The van der Waals surface area contributed by atoms with E-state index in [1.807, 2.05) is 12.1 Å². The molecule has 3 aliphatic heterocycles. The Kier molecular flexibility index (Phi) is 5.73. The predicted octanol–water partition coefficient (Wildman–Crippen LogP) is 1.07. The summed E-state index contributed by atoms with van der Waals surface area (Å²) in [5.41, 5.74) is 2.78. The zero-order valence-electron chi connectivity index (χ0n) is 16.1. The van der Waals surface area contributed by atoms with Crippen LogP contribution >= 0.6 is 0 Å². The van der Waals surface area contributed by atoms with Gasteiger partial charge in [-0.25, -0.2) is 0 Å². The van der Waals surface area contributed by atoms with Crippen LogP contribution in [0.25, 0.3) is 0 Å². The largest absolute Gasteiger partial charge is 0.322 e. The van der Waals surface area contributed by atoms with Gasteiger partial charge < -0.3 is 15.5 Å². The Bertz CT molecular complexity index is 773. The maximum Gasteiger partial charge on any atom is 0.255 e. The number of nitrogens with zero attached hydrogens (tertiary/aromatic N) is 1. The molecule has 0 radical (unpaired) electrons. The molecule has 1 aromatic carbocycles. The van der Waals surface area contributed by atoms with E-state index in [0.29, 0.717) is 24.6 Å². The van der Waals surface area contributed by atoms with Crippen molar-refractivity contribution in [3.05, 3.63) is 34.9 Å². The summed E-state index contributed by atoms with van der Waals surface area (Å²) in [6.07, 6.45) is 5.64. The molecule has 1 aromatic rings. The van der Waals surface area contributed by atoms with Crippen LogP contribution < -0.4 is 16.0 Å². The lowest BCUT2D eigenvalue weighted by Crippen LogP contribution is -2.52. The van der Waals surface area contributed by atoms with Crippen LogP contribution in [-0.2, 0) is 22.7 Å². The van der Waals surface area contributed by atoms with Crippen molar-refractivity contribution >= 4 is 17.7 Å². The Hall–Kier alpha value is -2.25. The minimum absolute atomic E-state index is 0.118. The quantitative estimate of drug-likeness (QED) is 0.483. The van der Waals surface area contributed by atoms with Crippen molar-refractivity contribution in [2.75, 3.05) is 13.1 Å². The molecule has 2 atom stereocenters. The van der Waals surface area contributed by atoms with Gasteiger partial charge in [0.15, 0.2) is 0 Å². The second-order valence-corrected chi connectivity index (χ2v) is 8.00. The summed E-state index contributed by atoms with van der Waals surface area (Å²) >= 11 is 0. The molecule has 0 aromatic heterocycles. The third kappa shape index (κ3) is 4.10. The summed E-state index contributed by atoms with van der Waals surface area (Å²) < 4.78 is 0. The van der Waals surface area contributed by atoms with Gasteiger partial charge >= 0.3 is 0 Å². The van der Waals surface area contributed by atoms with E-state index < -0.39 is 6.04 Å². The van der Waals surface area contributed by atoms with Crippen molar-refractivity contribution in [2.24, 2.45) is 0 Å². The standard InChI is InChI=1S/C21H28N4O3/c26-19-8-7-18(20(27)24-19)25-13-15-11-14(5-6-17(15)21(25)28)12-22-9-1-3-16-4-2-10-23-16/h5-6,11,16,18,22-23H,1-4,7-10,12-13H2,(H,24,26,27)/t16-,18?/m0/s1. The van der Waals surface area contributed by atoms with Gasteiger partial charge in [0.05, 0.1) is 0 Å². The molecular weight excluding hydrogens is 356 g/mol. The van der Waals surface area contributed by atoms with Crippen molar-refractivity contribution in [3.63, 3.8) is 0 Å². The Morgan fingerprint density at radius 2 is 2.07 bits per heavy atom. The number of hydrogen-bond donors (Lipinski definition) is 3. The normalized spacial score (nSPS) is 24.6. The van der Waals surface area contributed by atoms with Crippen molar-refractivity contribution in [1.29, 1.82) is 0 Å². The minimum Gasteiger partial charge on any atom is -0.322 e. The molecule has 2 fully saturated rings. The number of nitrogens with one attached hydrogen (secondary N) is 3. The highest BCUT2D eigenvalue weighted by Crippen LogP contribution is 2.28. The lowest BCUT2D eigenvalue weighted by atomic mass is 10.0. The fraction of sp³-hybridized carbons (Fsp3) is 0.571. The van der Waals surface area contributed by atoms with E-state index in [9.17, 15) is 14.4 Å². The van der Waals surface area contributed by atoms with Gasteiger partial charge in [0.1, 0.15) is 6.04 Å². The molecule has 0 spiro atoms. The number of rotatable bonds is 7. The highest BCUT2D eigenvalue weighted by atomic mass is 16.2. The van der Waals surface area contributed by atoms with E-state index >= 15 is 0 Å². The molecule has 0 bridgehead atoms. The summed E-state index contributed by atoms with van der Waals surface area (Å²) in [7, 11) is 0. The first-order valence-electron chi connectivity index (χ1n) is 10.3. The summed E-state index contributed by atoms with van der Waals surface area (Å²) in [6, 6.07) is 6.04. The van der Waals surface area contributed by atoms with Gasteiger partial charge in [-0.15, -0.1) is 0 Å². The summed E-state index contributed by atoms with van der Waals surface area (Å²) in [4.78, 5) is 37.8. The molecule has 7 heteroatoms. The van der Waals surface area contributed by atoms with Crippen LogP contribution in [0, 0.1) is 0 Å². The number of imide groups is 1. The minimum atomic E-state index is -0.552. The Balaban J connectivity index is 1.29. The monoisotopic (exact) mass is 384 g/mol. The van der Waals surface area contributed by atoms with Gasteiger partial charge in [-0.05, 0) is 62.4 Å². The first-order valence-corrected chi connectivity index (χ1v) is 10.3. The van der Waals surface area contributed by atoms with Crippen LogP contribution in [0.2, 0.25) is 0 Å². The summed E-state index contributed by atoms with van der Waals surface area (Å²) in [5, 5.41) is 9.35. The number of benzene rings is 1. The molecule has 3 amide bonds. The second-order valence-electron chi connectivity index (χ2n) is 8.00. The Morgan fingerprint density at radius 1 is 1.18 bits per heavy atom. The molecule has 150 valence electrons. The van der Waals surface area contributed by atoms with E-state index in [-0.39, 0.29) is 24.1 Å². The van der Waals surface area contributed by atoms with Gasteiger partial charge in [-0.3, -0.25) is 19.7 Å². The summed E-state index contributed by atoms with van der Waals surface area (Å²) in [6.45, 7) is 3.35. The number of piperidine rings is 1. The fourth-order valence-corrected chi connectivity index (χ4v) is 4.45. The number of fused-ring (bicyclic) bond motifs is 1. The molecule has 1 unspecified atom stereocenters. The predicted molar refractivity (Wildman–Crippen MR) is 104 cm³/mol. The number of carbonyl (C=O) groups excluding carboxylic acids is 3. The molecular formula is C21H28N4O3. The van der Waals surface area contributed by atoms with Gasteiger partial charge in [0.25, 0.3) is 5.91 Å². The smallest absolute Gasteiger partial charge is 0.255 e. The van der Waals surface area contributed by atoms with Crippen molar-refractivity contribution in [3.8, 4) is 0 Å². The van der Waals surface area contributed by atoms with E-state index in [1.54, 1.807) is 4.90 Å². The number of carbonyl (C=O) groups is 3. The first-order chi connectivity index (χ1) is 13.6. The molecule has 2 saturated heterocycles. The van der Waals surface area contributed by atoms with Crippen LogP contribution in [0.15, 0.2) is 18.2 Å². The molecule has 4 rings (SSSR count). The van der Waals surface area contributed by atoms with E-state index in [2.05, 4.69) is 22.0 Å². The zero-order valence-corrected chi connectivity index (χ0v) is 16.1. The maximum absolute atomic E-state index is 12.7. The fourth-order valence-electron chi connectivity index (χ4n) is 4.45.